The third kappa shape index (κ3) is 3.57. The first-order chi connectivity index (χ1) is 9.58. The molecule has 2 radical (unpaired) electrons. The van der Waals surface area contributed by atoms with E-state index in [1.165, 1.54) is 28.4 Å². The number of aryl methyl sites for hydroxylation is 1. The highest BCUT2D eigenvalue weighted by Gasteiger charge is 2.04. The van der Waals surface area contributed by atoms with E-state index in [1.807, 2.05) is 6.07 Å². The highest BCUT2D eigenvalue weighted by atomic mass is 28.2. The summed E-state index contributed by atoms with van der Waals surface area (Å²) in [5.41, 5.74) is 6.12. The first-order valence-corrected chi connectivity index (χ1v) is 7.34. The van der Waals surface area contributed by atoms with Gasteiger partial charge in [0.05, 0.1) is 0 Å². The second-order valence-electron chi connectivity index (χ2n) is 4.60. The van der Waals surface area contributed by atoms with Crippen molar-refractivity contribution in [3.05, 3.63) is 65.0 Å². The van der Waals surface area contributed by atoms with Crippen LogP contribution in [0.3, 0.4) is 0 Å². The number of halogens is 1. The van der Waals surface area contributed by atoms with Gasteiger partial charge in [0.1, 0.15) is 11.9 Å². The number of aliphatic hydroxyl groups excluding tert-OH is 1. The number of rotatable bonds is 2. The van der Waals surface area contributed by atoms with Gasteiger partial charge < -0.3 is 5.11 Å². The fraction of sp³-hybridized carbons (Fsp3) is 0.176. The molecular formula is C17H15FOSi. The summed E-state index contributed by atoms with van der Waals surface area (Å²) in [5, 5.41) is 11.1. The van der Waals surface area contributed by atoms with Gasteiger partial charge in [0.15, 0.2) is 9.52 Å². The molecule has 2 rings (SSSR count). The van der Waals surface area contributed by atoms with Crippen molar-refractivity contribution in [1.82, 2.24) is 0 Å². The van der Waals surface area contributed by atoms with E-state index in [0.29, 0.717) is 15.1 Å². The van der Waals surface area contributed by atoms with Crippen LogP contribution in [0.1, 0.15) is 22.8 Å². The normalized spacial score (nSPS) is 11.6. The van der Waals surface area contributed by atoms with Gasteiger partial charge in [-0.25, -0.2) is 4.39 Å². The third-order valence-electron chi connectivity index (χ3n) is 3.20. The van der Waals surface area contributed by atoms with Crippen LogP contribution in [-0.2, 0) is 0 Å². The van der Waals surface area contributed by atoms with E-state index in [4.69, 9.17) is 0 Å². The van der Waals surface area contributed by atoms with E-state index < -0.39 is 6.10 Å². The van der Waals surface area contributed by atoms with Crippen molar-refractivity contribution in [2.24, 2.45) is 0 Å². The lowest BCUT2D eigenvalue weighted by atomic mass is 10.1. The van der Waals surface area contributed by atoms with E-state index in [-0.39, 0.29) is 5.82 Å². The Morgan fingerprint density at radius 1 is 1.10 bits per heavy atom. The third-order valence-corrected chi connectivity index (χ3v) is 4.28. The zero-order valence-electron chi connectivity index (χ0n) is 11.4. The van der Waals surface area contributed by atoms with E-state index in [9.17, 15) is 9.50 Å². The summed E-state index contributed by atoms with van der Waals surface area (Å²) in [6.07, 6.45) is -0.867. The van der Waals surface area contributed by atoms with Gasteiger partial charge >= 0.3 is 0 Å². The molecular weight excluding hydrogens is 267 g/mol. The maximum atomic E-state index is 12.8. The minimum atomic E-state index is -0.867. The van der Waals surface area contributed by atoms with Crippen LogP contribution in [0, 0.1) is 31.1 Å². The summed E-state index contributed by atoms with van der Waals surface area (Å²) in [6, 6.07) is 11.9. The molecule has 20 heavy (non-hydrogen) atoms. The fourth-order valence-corrected chi connectivity index (χ4v) is 2.69. The molecule has 3 heteroatoms. The Morgan fingerprint density at radius 2 is 1.80 bits per heavy atom. The van der Waals surface area contributed by atoms with Crippen LogP contribution >= 0.6 is 0 Å². The molecule has 0 aliphatic rings. The summed E-state index contributed by atoms with van der Waals surface area (Å²) in [7, 11) is 0.340. The lowest BCUT2D eigenvalue weighted by Gasteiger charge is -2.04. The standard InChI is InChI=1S/C17H15FOSi/c1-12-4-3-5-17(13(12)2)20-11-10-16(19)14-6-8-15(18)9-7-14/h3-9,16,19H,1-2H3. The van der Waals surface area contributed by atoms with Crippen LogP contribution in [0.2, 0.25) is 0 Å². The molecule has 0 saturated carbocycles. The molecule has 0 aliphatic heterocycles. The van der Waals surface area contributed by atoms with Crippen LogP contribution in [0.15, 0.2) is 42.5 Å². The molecule has 0 aromatic heterocycles. The summed E-state index contributed by atoms with van der Waals surface area (Å²) in [4.78, 5) is 0. The first-order valence-electron chi connectivity index (χ1n) is 6.34. The highest BCUT2D eigenvalue weighted by Crippen LogP contribution is 2.11. The first kappa shape index (κ1) is 14.5. The molecule has 2 aromatic carbocycles. The van der Waals surface area contributed by atoms with Gasteiger partial charge in [0, 0.05) is 0 Å². The highest BCUT2D eigenvalue weighted by molar-refractivity contribution is 6.62. The van der Waals surface area contributed by atoms with Crippen LogP contribution in [-0.4, -0.2) is 14.6 Å². The Morgan fingerprint density at radius 3 is 2.50 bits per heavy atom. The van der Waals surface area contributed by atoms with E-state index in [0.717, 1.165) is 0 Å². The van der Waals surface area contributed by atoms with Crippen molar-refractivity contribution in [1.29, 1.82) is 0 Å². The predicted octanol–water partition coefficient (Wildman–Crippen LogP) is 2.47. The van der Waals surface area contributed by atoms with Gasteiger partial charge in [0.25, 0.3) is 0 Å². The molecule has 0 aliphatic carbocycles. The number of aliphatic hydroxyl groups is 1. The van der Waals surface area contributed by atoms with E-state index in [1.54, 1.807) is 12.1 Å². The average Bonchev–Trinajstić information content (AvgIpc) is 2.44. The van der Waals surface area contributed by atoms with Crippen molar-refractivity contribution < 1.29 is 9.50 Å². The molecule has 0 heterocycles. The maximum Gasteiger partial charge on any atom is 0.186 e. The van der Waals surface area contributed by atoms with Crippen molar-refractivity contribution in [3.8, 4) is 11.5 Å². The van der Waals surface area contributed by atoms with Gasteiger partial charge in [-0.15, -0.1) is 5.54 Å². The van der Waals surface area contributed by atoms with Crippen LogP contribution in [0.5, 0.6) is 0 Å². The van der Waals surface area contributed by atoms with Crippen molar-refractivity contribution >= 4 is 14.7 Å². The van der Waals surface area contributed by atoms with E-state index >= 15 is 0 Å². The minimum Gasteiger partial charge on any atom is -0.376 e. The summed E-state index contributed by atoms with van der Waals surface area (Å²) >= 11 is 0. The molecule has 0 fully saturated rings. The van der Waals surface area contributed by atoms with Crippen LogP contribution in [0.4, 0.5) is 4.39 Å². The van der Waals surface area contributed by atoms with E-state index in [2.05, 4.69) is 37.4 Å². The molecule has 0 saturated heterocycles. The monoisotopic (exact) mass is 282 g/mol. The molecule has 1 N–H and O–H groups in total. The number of hydrogen-bond acceptors (Lipinski definition) is 1. The molecule has 0 bridgehead atoms. The zero-order chi connectivity index (χ0) is 14.5. The largest absolute Gasteiger partial charge is 0.376 e. The smallest absolute Gasteiger partial charge is 0.186 e. The summed E-state index contributed by atoms with van der Waals surface area (Å²) in [6.45, 7) is 4.15. The topological polar surface area (TPSA) is 20.2 Å². The van der Waals surface area contributed by atoms with Gasteiger partial charge in [-0.05, 0) is 47.9 Å². The molecule has 0 amide bonds. The van der Waals surface area contributed by atoms with Crippen LogP contribution < -0.4 is 5.19 Å². The Labute approximate surface area is 121 Å². The van der Waals surface area contributed by atoms with Crippen molar-refractivity contribution in [2.45, 2.75) is 20.0 Å². The lowest BCUT2D eigenvalue weighted by molar-refractivity contribution is 0.238. The fourth-order valence-electron chi connectivity index (χ4n) is 1.79. The summed E-state index contributed by atoms with van der Waals surface area (Å²) in [5.74, 6) is 2.50. The second-order valence-corrected chi connectivity index (χ2v) is 5.63. The minimum absolute atomic E-state index is 0.314. The number of benzene rings is 2. The molecule has 1 unspecified atom stereocenters. The Balaban J connectivity index is 2.07. The Kier molecular flexibility index (Phi) is 4.73. The van der Waals surface area contributed by atoms with Gasteiger partial charge in [-0.1, -0.05) is 36.3 Å². The maximum absolute atomic E-state index is 12.8. The number of hydrogen-bond donors (Lipinski definition) is 1. The molecule has 0 spiro atoms. The van der Waals surface area contributed by atoms with Crippen LogP contribution in [0.25, 0.3) is 0 Å². The van der Waals surface area contributed by atoms with Gasteiger partial charge in [-0.3, -0.25) is 0 Å². The molecule has 100 valence electrons. The SMILES string of the molecule is Cc1cccc([Si]C#CC(O)c2ccc(F)cc2)c1C. The Bertz CT molecular complexity index is 653. The van der Waals surface area contributed by atoms with Gasteiger partial charge in [-0.2, -0.15) is 0 Å². The Hall–Kier alpha value is -1.89. The zero-order valence-corrected chi connectivity index (χ0v) is 12.4. The molecule has 2 aromatic rings. The van der Waals surface area contributed by atoms with Crippen molar-refractivity contribution in [2.75, 3.05) is 0 Å². The van der Waals surface area contributed by atoms with Crippen molar-refractivity contribution in [3.63, 3.8) is 0 Å². The quantitative estimate of drug-likeness (QED) is 0.663. The molecule has 1 atom stereocenters. The average molecular weight is 282 g/mol. The predicted molar refractivity (Wildman–Crippen MR) is 80.4 cm³/mol. The van der Waals surface area contributed by atoms with Gasteiger partial charge in [0.2, 0.25) is 0 Å². The second kappa shape index (κ2) is 6.51. The summed E-state index contributed by atoms with van der Waals surface area (Å²) < 4.78 is 12.8. The lowest BCUT2D eigenvalue weighted by Crippen LogP contribution is -2.17. The molecule has 1 nitrogen and oxygen atoms in total.